The maximum atomic E-state index is 12.3. The van der Waals surface area contributed by atoms with E-state index < -0.39 is 0 Å². The zero-order valence-corrected chi connectivity index (χ0v) is 11.7. The van der Waals surface area contributed by atoms with Gasteiger partial charge in [-0.05, 0) is 19.1 Å². The number of aryl methyl sites for hydroxylation is 1. The van der Waals surface area contributed by atoms with Crippen molar-refractivity contribution in [2.45, 2.75) is 6.92 Å². The average Bonchev–Trinajstić information content (AvgIpc) is 2.43. The number of methoxy groups -OCH3 is 3. The van der Waals surface area contributed by atoms with Crippen LogP contribution in [0.4, 0.5) is 0 Å². The first kappa shape index (κ1) is 13.3. The summed E-state index contributed by atoms with van der Waals surface area (Å²) in [5.41, 5.74) is 0.761. The van der Waals surface area contributed by atoms with Gasteiger partial charge in [0, 0.05) is 18.1 Å². The van der Waals surface area contributed by atoms with Crippen molar-refractivity contribution >= 4 is 10.8 Å². The molecular formula is C14H17NO4. The highest BCUT2D eigenvalue weighted by Crippen LogP contribution is 2.42. The molecule has 0 spiro atoms. The van der Waals surface area contributed by atoms with Gasteiger partial charge in [0.25, 0.3) is 5.56 Å². The van der Waals surface area contributed by atoms with Crippen LogP contribution in [0.1, 0.15) is 5.69 Å². The molecule has 0 fully saturated rings. The maximum Gasteiger partial charge on any atom is 0.258 e. The monoisotopic (exact) mass is 263 g/mol. The van der Waals surface area contributed by atoms with Crippen molar-refractivity contribution in [1.82, 2.24) is 4.57 Å². The third kappa shape index (κ3) is 1.91. The minimum absolute atomic E-state index is 0.0887. The van der Waals surface area contributed by atoms with Crippen LogP contribution < -0.4 is 19.8 Å². The summed E-state index contributed by atoms with van der Waals surface area (Å²) in [5, 5.41) is 1.27. The van der Waals surface area contributed by atoms with Crippen LogP contribution in [0.25, 0.3) is 10.8 Å². The summed E-state index contributed by atoms with van der Waals surface area (Å²) >= 11 is 0. The van der Waals surface area contributed by atoms with Gasteiger partial charge in [0.1, 0.15) is 0 Å². The molecular weight excluding hydrogens is 246 g/mol. The van der Waals surface area contributed by atoms with Crippen LogP contribution in [0, 0.1) is 6.92 Å². The van der Waals surface area contributed by atoms with Gasteiger partial charge in [-0.1, -0.05) is 0 Å². The van der Waals surface area contributed by atoms with Crippen molar-refractivity contribution in [3.63, 3.8) is 0 Å². The topological polar surface area (TPSA) is 49.7 Å². The zero-order valence-electron chi connectivity index (χ0n) is 11.7. The standard InChI is InChI=1S/C14H17NO4/c1-8-6-9-10(14(16)15(8)2)7-11(17-3)13(19-5)12(9)18-4/h6-7H,1-5H3. The van der Waals surface area contributed by atoms with Crippen LogP contribution in [-0.2, 0) is 7.05 Å². The number of ether oxygens (including phenoxy) is 3. The lowest BCUT2D eigenvalue weighted by atomic mass is 10.1. The number of fused-ring (bicyclic) bond motifs is 1. The molecule has 0 saturated heterocycles. The highest BCUT2D eigenvalue weighted by atomic mass is 16.5. The fraction of sp³-hybridized carbons (Fsp3) is 0.357. The molecule has 2 rings (SSSR count). The van der Waals surface area contributed by atoms with Crippen LogP contribution >= 0.6 is 0 Å². The third-order valence-electron chi connectivity index (χ3n) is 3.29. The van der Waals surface area contributed by atoms with E-state index in [0.29, 0.717) is 22.6 Å². The molecule has 0 aliphatic heterocycles. The molecule has 1 aromatic heterocycles. The number of nitrogens with zero attached hydrogens (tertiary/aromatic N) is 1. The van der Waals surface area contributed by atoms with Crippen molar-refractivity contribution in [1.29, 1.82) is 0 Å². The molecule has 0 amide bonds. The van der Waals surface area contributed by atoms with Crippen LogP contribution in [0.5, 0.6) is 17.2 Å². The second-order valence-corrected chi connectivity index (χ2v) is 4.26. The quantitative estimate of drug-likeness (QED) is 0.848. The molecule has 0 aliphatic carbocycles. The van der Waals surface area contributed by atoms with E-state index in [2.05, 4.69) is 0 Å². The number of rotatable bonds is 3. The molecule has 0 bridgehead atoms. The Hall–Kier alpha value is -2.17. The Morgan fingerprint density at radius 1 is 0.947 bits per heavy atom. The van der Waals surface area contributed by atoms with Gasteiger partial charge in [-0.25, -0.2) is 0 Å². The lowest BCUT2D eigenvalue weighted by molar-refractivity contribution is 0.327. The molecule has 0 radical (unpaired) electrons. The highest BCUT2D eigenvalue weighted by Gasteiger charge is 2.18. The Balaban J connectivity index is 3.01. The molecule has 0 aliphatic rings. The van der Waals surface area contributed by atoms with E-state index in [4.69, 9.17) is 14.2 Å². The Bertz CT molecular complexity index is 688. The average molecular weight is 263 g/mol. The Morgan fingerprint density at radius 2 is 1.58 bits per heavy atom. The van der Waals surface area contributed by atoms with E-state index in [-0.39, 0.29) is 5.56 Å². The molecule has 0 saturated carbocycles. The first-order chi connectivity index (χ1) is 9.04. The fourth-order valence-electron chi connectivity index (χ4n) is 2.15. The van der Waals surface area contributed by atoms with Crippen molar-refractivity contribution in [2.75, 3.05) is 21.3 Å². The van der Waals surface area contributed by atoms with E-state index in [1.165, 1.54) is 7.11 Å². The van der Waals surface area contributed by atoms with Crippen molar-refractivity contribution in [3.8, 4) is 17.2 Å². The summed E-state index contributed by atoms with van der Waals surface area (Å²) in [7, 11) is 6.35. The number of benzene rings is 1. The van der Waals surface area contributed by atoms with E-state index in [0.717, 1.165) is 11.1 Å². The smallest absolute Gasteiger partial charge is 0.258 e. The minimum Gasteiger partial charge on any atom is -0.493 e. The molecule has 1 heterocycles. The van der Waals surface area contributed by atoms with Crippen LogP contribution in [0.15, 0.2) is 16.9 Å². The molecule has 5 heteroatoms. The predicted octanol–water partition coefficient (Wildman–Crippen LogP) is 1.87. The van der Waals surface area contributed by atoms with Crippen LogP contribution in [-0.4, -0.2) is 25.9 Å². The summed E-state index contributed by atoms with van der Waals surface area (Å²) in [6.07, 6.45) is 0. The second kappa shape index (κ2) is 4.84. The number of hydrogen-bond donors (Lipinski definition) is 0. The van der Waals surface area contributed by atoms with Gasteiger partial charge >= 0.3 is 0 Å². The first-order valence-electron chi connectivity index (χ1n) is 5.84. The van der Waals surface area contributed by atoms with Gasteiger partial charge in [0.2, 0.25) is 5.75 Å². The molecule has 2 aromatic rings. The SMILES string of the molecule is COc1cc2c(=O)n(C)c(C)cc2c(OC)c1OC. The number of hydrogen-bond acceptors (Lipinski definition) is 4. The lowest BCUT2D eigenvalue weighted by Crippen LogP contribution is -2.19. The summed E-state index contributed by atoms with van der Waals surface area (Å²) in [6.45, 7) is 1.87. The van der Waals surface area contributed by atoms with Crippen molar-refractivity contribution in [2.24, 2.45) is 7.05 Å². The molecule has 102 valence electrons. The van der Waals surface area contributed by atoms with Gasteiger partial charge in [0.05, 0.1) is 26.7 Å². The largest absolute Gasteiger partial charge is 0.493 e. The summed E-state index contributed by atoms with van der Waals surface area (Å²) in [6, 6.07) is 3.58. The highest BCUT2D eigenvalue weighted by molar-refractivity contribution is 5.92. The fourth-order valence-corrected chi connectivity index (χ4v) is 2.15. The zero-order chi connectivity index (χ0) is 14.2. The van der Waals surface area contributed by atoms with Crippen molar-refractivity contribution < 1.29 is 14.2 Å². The van der Waals surface area contributed by atoms with E-state index >= 15 is 0 Å². The summed E-state index contributed by atoms with van der Waals surface area (Å²) in [5.74, 6) is 1.48. The van der Waals surface area contributed by atoms with Crippen LogP contribution in [0.2, 0.25) is 0 Å². The summed E-state index contributed by atoms with van der Waals surface area (Å²) < 4.78 is 17.6. The Kier molecular flexibility index (Phi) is 3.38. The normalized spacial score (nSPS) is 10.6. The minimum atomic E-state index is -0.0887. The van der Waals surface area contributed by atoms with E-state index in [1.807, 2.05) is 13.0 Å². The van der Waals surface area contributed by atoms with Gasteiger partial charge in [0.15, 0.2) is 11.5 Å². The molecule has 0 atom stereocenters. The molecule has 0 N–H and O–H groups in total. The lowest BCUT2D eigenvalue weighted by Gasteiger charge is -2.15. The second-order valence-electron chi connectivity index (χ2n) is 4.26. The maximum absolute atomic E-state index is 12.3. The van der Waals surface area contributed by atoms with Gasteiger partial charge < -0.3 is 18.8 Å². The molecule has 1 aromatic carbocycles. The van der Waals surface area contributed by atoms with Gasteiger partial charge in [-0.15, -0.1) is 0 Å². The van der Waals surface area contributed by atoms with Gasteiger partial charge in [-0.2, -0.15) is 0 Å². The van der Waals surface area contributed by atoms with E-state index in [1.54, 1.807) is 31.9 Å². The summed E-state index contributed by atoms with van der Waals surface area (Å²) in [4.78, 5) is 12.3. The number of pyridine rings is 1. The first-order valence-corrected chi connectivity index (χ1v) is 5.84. The van der Waals surface area contributed by atoms with E-state index in [9.17, 15) is 4.79 Å². The predicted molar refractivity (Wildman–Crippen MR) is 73.6 cm³/mol. The molecule has 0 unspecified atom stereocenters. The van der Waals surface area contributed by atoms with Crippen LogP contribution in [0.3, 0.4) is 0 Å². The third-order valence-corrected chi connectivity index (χ3v) is 3.29. The Morgan fingerprint density at radius 3 is 2.11 bits per heavy atom. The van der Waals surface area contributed by atoms with Gasteiger partial charge in [-0.3, -0.25) is 4.79 Å². The number of aromatic nitrogens is 1. The van der Waals surface area contributed by atoms with Crippen molar-refractivity contribution in [3.05, 3.63) is 28.2 Å². The molecule has 5 nitrogen and oxygen atoms in total. The Labute approximate surface area is 111 Å². The molecule has 19 heavy (non-hydrogen) atoms.